The van der Waals surface area contributed by atoms with E-state index in [1.165, 1.54) is 44.9 Å². The lowest BCUT2D eigenvalue weighted by atomic mass is 9.73. The van der Waals surface area contributed by atoms with E-state index in [1.54, 1.807) is 0 Å². The van der Waals surface area contributed by atoms with Crippen LogP contribution in [0.5, 0.6) is 0 Å². The Bertz CT molecular complexity index is 1070. The van der Waals surface area contributed by atoms with Crippen molar-refractivity contribution in [1.29, 1.82) is 0 Å². The lowest BCUT2D eigenvalue weighted by molar-refractivity contribution is -0.147. The van der Waals surface area contributed by atoms with Crippen molar-refractivity contribution in [2.45, 2.75) is 116 Å². The molecule has 0 aliphatic rings. The van der Waals surface area contributed by atoms with Crippen LogP contribution < -0.4 is 11.3 Å². The summed E-state index contributed by atoms with van der Waals surface area (Å²) in [6.45, 7) is 6.49. The van der Waals surface area contributed by atoms with Gasteiger partial charge in [0.2, 0.25) is 0 Å². The Morgan fingerprint density at radius 1 is 1.00 bits per heavy atom. The molecule has 42 heavy (non-hydrogen) atoms. The highest BCUT2D eigenvalue weighted by Gasteiger charge is 2.40. The molecule has 0 fully saturated rings. The summed E-state index contributed by atoms with van der Waals surface area (Å²) in [6.07, 6.45) is 21.9. The fourth-order valence-corrected chi connectivity index (χ4v) is 6.58. The van der Waals surface area contributed by atoms with E-state index < -0.39 is 5.92 Å². The number of hydrazine groups is 1. The van der Waals surface area contributed by atoms with Crippen molar-refractivity contribution in [3.8, 4) is 0 Å². The quantitative estimate of drug-likeness (QED) is 0.0289. The second kappa shape index (κ2) is 21.7. The summed E-state index contributed by atoms with van der Waals surface area (Å²) in [4.78, 5) is 27.7. The summed E-state index contributed by atoms with van der Waals surface area (Å²) in [5.41, 5.74) is 5.23. The predicted octanol–water partition coefficient (Wildman–Crippen LogP) is 8.72. The largest absolute Gasteiger partial charge is 0.465 e. The van der Waals surface area contributed by atoms with Crippen LogP contribution in [0.3, 0.4) is 0 Å². The van der Waals surface area contributed by atoms with Crippen LogP contribution in [0.1, 0.15) is 127 Å². The molecule has 0 aromatic carbocycles. The second-order valence-electron chi connectivity index (χ2n) is 10.8. The third-order valence-corrected chi connectivity index (χ3v) is 8.70. The van der Waals surface area contributed by atoms with Gasteiger partial charge >= 0.3 is 5.97 Å². The number of nitrogens with zero attached hydrogens (tertiary/aromatic N) is 3. The van der Waals surface area contributed by atoms with E-state index >= 15 is 0 Å². The predicted molar refractivity (Wildman–Crippen MR) is 181 cm³/mol. The van der Waals surface area contributed by atoms with Crippen LogP contribution >= 0.6 is 28.6 Å². The number of allylic oxidation sites excluding steroid dienone is 2. The first-order valence-corrected chi connectivity index (χ1v) is 17.3. The van der Waals surface area contributed by atoms with Crippen LogP contribution in [0, 0.1) is 5.92 Å². The molecule has 0 aliphatic heterocycles. The van der Waals surface area contributed by atoms with Crippen LogP contribution in [0.2, 0.25) is 0 Å². The molecule has 2 heterocycles. The third-order valence-electron chi connectivity index (χ3n) is 7.77. The molecule has 3 atom stereocenters. The van der Waals surface area contributed by atoms with Gasteiger partial charge in [-0.05, 0) is 91.6 Å². The van der Waals surface area contributed by atoms with E-state index in [4.69, 9.17) is 20.5 Å². The number of thiol groups is 1. The lowest BCUT2D eigenvalue weighted by Crippen LogP contribution is -2.32. The van der Waals surface area contributed by atoms with Crippen molar-refractivity contribution in [2.75, 3.05) is 17.8 Å². The summed E-state index contributed by atoms with van der Waals surface area (Å²) in [5.74, 6) is 6.09. The minimum Gasteiger partial charge on any atom is -0.465 e. The van der Waals surface area contributed by atoms with Gasteiger partial charge in [0.05, 0.1) is 18.0 Å². The van der Waals surface area contributed by atoms with Crippen LogP contribution in [-0.2, 0) is 16.0 Å². The Kier molecular flexibility index (Phi) is 18.7. The molecule has 0 bridgehead atoms. The van der Waals surface area contributed by atoms with E-state index in [9.17, 15) is 4.79 Å². The smallest absolute Gasteiger partial charge is 0.315 e. The van der Waals surface area contributed by atoms with Gasteiger partial charge < -0.3 is 10.2 Å². The van der Waals surface area contributed by atoms with Gasteiger partial charge in [0.25, 0.3) is 0 Å². The highest BCUT2D eigenvalue weighted by molar-refractivity contribution is 9.10. The number of halogens is 1. The Morgan fingerprint density at radius 3 is 2.40 bits per heavy atom. The average molecular weight is 663 g/mol. The van der Waals surface area contributed by atoms with Crippen molar-refractivity contribution in [2.24, 2.45) is 11.8 Å². The highest BCUT2D eigenvalue weighted by Crippen LogP contribution is 2.44. The summed E-state index contributed by atoms with van der Waals surface area (Å²) in [6, 6.07) is 3.93. The monoisotopic (exact) mass is 661 g/mol. The molecule has 7 nitrogen and oxygen atoms in total. The number of unbranched alkanes of at least 4 members (excludes halogenated alkanes) is 7. The number of hydrogen-bond acceptors (Lipinski definition) is 8. The second-order valence-corrected chi connectivity index (χ2v) is 12.1. The molecular formula is C33H52BrN5O2S. The number of anilines is 1. The maximum atomic E-state index is 13.9. The molecule has 3 N–H and O–H groups in total. The molecule has 0 spiro atoms. The van der Waals surface area contributed by atoms with Crippen molar-refractivity contribution in [3.05, 3.63) is 58.2 Å². The summed E-state index contributed by atoms with van der Waals surface area (Å²) in [5, 5.41) is 0. The first-order valence-electron chi connectivity index (χ1n) is 15.9. The number of esters is 1. The van der Waals surface area contributed by atoms with E-state index in [1.807, 2.05) is 25.3 Å². The standard InChI is InChI=1S/C33H52BrN5O2S/c1-4-7-8-9-10-11-12-13-14-15-16-19-25(26(21-23-42)30-28(34)20-17-22-36-30)29(33(40)41-6-3)31-27(18-5-2)32(39-35)38-24-37-31/h13-14,17,20,22,24-26,29,42H,4-12,15-16,18-19,21,23,35H2,1-3H3,(H,37,38,39)/b14-13-. The average Bonchev–Trinajstić information content (AvgIpc) is 2.99. The number of carbonyl (C=O) groups excluding carboxylic acids is 1. The van der Waals surface area contributed by atoms with Gasteiger partial charge in [-0.15, -0.1) is 0 Å². The molecule has 2 aromatic heterocycles. The first kappa shape index (κ1) is 36.2. The Labute approximate surface area is 267 Å². The zero-order valence-corrected chi connectivity index (χ0v) is 28.3. The number of pyridine rings is 1. The fraction of sp³-hybridized carbons (Fsp3) is 0.636. The molecule has 0 radical (unpaired) electrons. The van der Waals surface area contributed by atoms with Gasteiger partial charge in [-0.1, -0.05) is 64.5 Å². The van der Waals surface area contributed by atoms with Gasteiger partial charge in [0, 0.05) is 22.2 Å². The van der Waals surface area contributed by atoms with Gasteiger partial charge in [-0.3, -0.25) is 9.78 Å². The minimum absolute atomic E-state index is 0.0293. The summed E-state index contributed by atoms with van der Waals surface area (Å²) >= 11 is 8.37. The first-order chi connectivity index (χ1) is 20.5. The van der Waals surface area contributed by atoms with Crippen LogP contribution in [0.4, 0.5) is 5.82 Å². The van der Waals surface area contributed by atoms with E-state index in [0.29, 0.717) is 30.3 Å². The number of nitrogens with one attached hydrogen (secondary N) is 1. The molecule has 9 heteroatoms. The third kappa shape index (κ3) is 11.6. The maximum absolute atomic E-state index is 13.9. The van der Waals surface area contributed by atoms with Crippen molar-refractivity contribution < 1.29 is 9.53 Å². The van der Waals surface area contributed by atoms with E-state index in [0.717, 1.165) is 54.3 Å². The minimum atomic E-state index is -0.590. The molecule has 0 aliphatic carbocycles. The molecule has 0 saturated heterocycles. The Balaban J connectivity index is 2.41. The zero-order chi connectivity index (χ0) is 30.6. The number of hydrogen-bond donors (Lipinski definition) is 3. The number of nitrogens with two attached hydrogens (primary N) is 1. The van der Waals surface area contributed by atoms with E-state index in [2.05, 4.69) is 65.0 Å². The van der Waals surface area contributed by atoms with Crippen LogP contribution in [-0.4, -0.2) is 33.3 Å². The molecule has 3 unspecified atom stereocenters. The number of nitrogen functional groups attached to an aromatic ring is 1. The maximum Gasteiger partial charge on any atom is 0.315 e. The van der Waals surface area contributed by atoms with Crippen LogP contribution in [0.25, 0.3) is 0 Å². The summed E-state index contributed by atoms with van der Waals surface area (Å²) in [7, 11) is 0. The van der Waals surface area contributed by atoms with Gasteiger partial charge in [-0.25, -0.2) is 15.8 Å². The SMILES string of the molecule is CCCCCCCC/C=C\CCCC(C(CCS)c1ncccc1Br)C(C(=O)OCC)c1ncnc(NN)c1CCC. The normalized spacial score (nSPS) is 13.7. The topological polar surface area (TPSA) is 103 Å². The lowest BCUT2D eigenvalue weighted by Gasteiger charge is -2.33. The molecule has 0 amide bonds. The molecule has 2 rings (SSSR count). The van der Waals surface area contributed by atoms with Gasteiger partial charge in [0.15, 0.2) is 0 Å². The molecule has 0 saturated carbocycles. The van der Waals surface area contributed by atoms with E-state index in [-0.39, 0.29) is 17.8 Å². The number of ether oxygens (including phenoxy) is 1. The molecule has 2 aromatic rings. The number of rotatable bonds is 22. The van der Waals surface area contributed by atoms with Crippen LogP contribution in [0.15, 0.2) is 41.3 Å². The Morgan fingerprint density at radius 2 is 1.74 bits per heavy atom. The highest BCUT2D eigenvalue weighted by atomic mass is 79.9. The number of aromatic nitrogens is 3. The van der Waals surface area contributed by atoms with Crippen molar-refractivity contribution >= 4 is 40.3 Å². The van der Waals surface area contributed by atoms with Gasteiger partial charge in [-0.2, -0.15) is 12.6 Å². The number of carbonyl (C=O) groups is 1. The fourth-order valence-electron chi connectivity index (χ4n) is 5.75. The van der Waals surface area contributed by atoms with Crippen molar-refractivity contribution in [1.82, 2.24) is 15.0 Å². The molecular weight excluding hydrogens is 610 g/mol. The van der Waals surface area contributed by atoms with Crippen molar-refractivity contribution in [3.63, 3.8) is 0 Å². The molecule has 234 valence electrons. The Hall–Kier alpha value is -1.97. The summed E-state index contributed by atoms with van der Waals surface area (Å²) < 4.78 is 6.67. The zero-order valence-electron chi connectivity index (χ0n) is 25.9. The van der Waals surface area contributed by atoms with Gasteiger partial charge in [0.1, 0.15) is 18.1 Å².